The van der Waals surface area contributed by atoms with Gasteiger partial charge in [-0.25, -0.2) is 9.59 Å². The number of rotatable bonds is 2. The molecule has 0 spiro atoms. The molecule has 18 heavy (non-hydrogen) atoms. The molecule has 1 atom stereocenters. The van der Waals surface area contributed by atoms with E-state index in [9.17, 15) is 14.7 Å². The van der Waals surface area contributed by atoms with Crippen LogP contribution in [0, 0.1) is 0 Å². The summed E-state index contributed by atoms with van der Waals surface area (Å²) in [7, 11) is 0. The van der Waals surface area contributed by atoms with Crippen LogP contribution < -0.4 is 0 Å². The lowest BCUT2D eigenvalue weighted by Gasteiger charge is -2.38. The van der Waals surface area contributed by atoms with Crippen LogP contribution in [0.4, 0.5) is 4.79 Å². The predicted octanol–water partition coefficient (Wildman–Crippen LogP) is 1.92. The molecule has 0 aromatic rings. The topological polar surface area (TPSA) is 60.9 Å². The number of amides is 2. The van der Waals surface area contributed by atoms with Crippen LogP contribution in [-0.4, -0.2) is 52.1 Å². The molecule has 2 rings (SSSR count). The van der Waals surface area contributed by atoms with E-state index in [4.69, 9.17) is 0 Å². The maximum atomic E-state index is 12.5. The average Bonchev–Trinajstić information content (AvgIpc) is 2.84. The summed E-state index contributed by atoms with van der Waals surface area (Å²) < 4.78 is 0. The third-order valence-corrected chi connectivity index (χ3v) is 4.33. The van der Waals surface area contributed by atoms with E-state index in [0.717, 1.165) is 32.4 Å². The number of hydrogen-bond donors (Lipinski definition) is 1. The molecule has 5 heteroatoms. The maximum absolute atomic E-state index is 12.5. The average molecular weight is 254 g/mol. The van der Waals surface area contributed by atoms with Crippen molar-refractivity contribution < 1.29 is 14.7 Å². The van der Waals surface area contributed by atoms with Crippen molar-refractivity contribution in [2.45, 2.75) is 51.0 Å². The van der Waals surface area contributed by atoms with Gasteiger partial charge in [0.15, 0.2) is 0 Å². The standard InChI is InChI=1S/C13H22N2O3/c1-2-13(11(16)17)7-6-10-15(13)12(18)14-8-4-3-5-9-14/h2-10H2,1H3,(H,16,17). The number of urea groups is 1. The zero-order valence-corrected chi connectivity index (χ0v) is 11.0. The van der Waals surface area contributed by atoms with Crippen LogP contribution in [0.5, 0.6) is 0 Å². The SMILES string of the molecule is CCC1(C(=O)O)CCCN1C(=O)N1CCCCC1. The van der Waals surface area contributed by atoms with E-state index in [1.54, 1.807) is 4.90 Å². The van der Waals surface area contributed by atoms with Crippen LogP contribution in [0.3, 0.4) is 0 Å². The van der Waals surface area contributed by atoms with Crippen LogP contribution in [0.25, 0.3) is 0 Å². The second-order valence-corrected chi connectivity index (χ2v) is 5.28. The normalized spacial score (nSPS) is 28.5. The van der Waals surface area contributed by atoms with E-state index in [1.807, 2.05) is 11.8 Å². The minimum atomic E-state index is -0.964. The highest BCUT2D eigenvalue weighted by Gasteiger charge is 2.49. The summed E-state index contributed by atoms with van der Waals surface area (Å²) in [5, 5.41) is 9.47. The van der Waals surface area contributed by atoms with Gasteiger partial charge < -0.3 is 14.9 Å². The Labute approximate surface area is 108 Å². The molecule has 2 heterocycles. The molecule has 1 unspecified atom stereocenters. The number of piperidine rings is 1. The van der Waals surface area contributed by atoms with E-state index in [1.165, 1.54) is 6.42 Å². The minimum Gasteiger partial charge on any atom is -0.479 e. The molecule has 0 saturated carbocycles. The molecule has 5 nitrogen and oxygen atoms in total. The molecule has 2 aliphatic rings. The molecule has 2 saturated heterocycles. The fraction of sp³-hybridized carbons (Fsp3) is 0.846. The third-order valence-electron chi connectivity index (χ3n) is 4.33. The van der Waals surface area contributed by atoms with Crippen molar-refractivity contribution in [2.24, 2.45) is 0 Å². The zero-order valence-electron chi connectivity index (χ0n) is 11.0. The number of carbonyl (C=O) groups is 2. The smallest absolute Gasteiger partial charge is 0.329 e. The van der Waals surface area contributed by atoms with Crippen molar-refractivity contribution in [3.05, 3.63) is 0 Å². The number of nitrogens with zero attached hydrogens (tertiary/aromatic N) is 2. The Balaban J connectivity index is 2.15. The fourth-order valence-corrected chi connectivity index (χ4v) is 3.15. The molecule has 0 radical (unpaired) electrons. The Hall–Kier alpha value is -1.26. The van der Waals surface area contributed by atoms with Crippen LogP contribution in [0.2, 0.25) is 0 Å². The second kappa shape index (κ2) is 5.16. The van der Waals surface area contributed by atoms with Gasteiger partial charge in [0.2, 0.25) is 0 Å². The van der Waals surface area contributed by atoms with E-state index in [2.05, 4.69) is 0 Å². The van der Waals surface area contributed by atoms with E-state index in [-0.39, 0.29) is 6.03 Å². The molecule has 0 aliphatic carbocycles. The van der Waals surface area contributed by atoms with E-state index < -0.39 is 11.5 Å². The van der Waals surface area contributed by atoms with Gasteiger partial charge in [-0.15, -0.1) is 0 Å². The molecule has 2 amide bonds. The number of carboxylic acid groups (broad SMARTS) is 1. The molecule has 102 valence electrons. The molecule has 0 aromatic heterocycles. The first-order valence-corrected chi connectivity index (χ1v) is 6.92. The van der Waals surface area contributed by atoms with Gasteiger partial charge in [0.05, 0.1) is 0 Å². The zero-order chi connectivity index (χ0) is 13.2. The summed E-state index contributed by atoms with van der Waals surface area (Å²) in [4.78, 5) is 27.4. The van der Waals surface area contributed by atoms with Crippen molar-refractivity contribution in [3.63, 3.8) is 0 Å². The Morgan fingerprint density at radius 3 is 2.33 bits per heavy atom. The Morgan fingerprint density at radius 1 is 1.11 bits per heavy atom. The third kappa shape index (κ3) is 2.06. The van der Waals surface area contributed by atoms with Crippen LogP contribution in [-0.2, 0) is 4.79 Å². The van der Waals surface area contributed by atoms with Gasteiger partial charge in [0.25, 0.3) is 0 Å². The Morgan fingerprint density at radius 2 is 1.78 bits per heavy atom. The highest BCUT2D eigenvalue weighted by atomic mass is 16.4. The van der Waals surface area contributed by atoms with Crippen molar-refractivity contribution in [1.29, 1.82) is 0 Å². The monoisotopic (exact) mass is 254 g/mol. The largest absolute Gasteiger partial charge is 0.479 e. The van der Waals surface area contributed by atoms with Gasteiger partial charge in [-0.2, -0.15) is 0 Å². The van der Waals surface area contributed by atoms with Gasteiger partial charge in [-0.05, 0) is 38.5 Å². The van der Waals surface area contributed by atoms with Gasteiger partial charge >= 0.3 is 12.0 Å². The van der Waals surface area contributed by atoms with Crippen LogP contribution >= 0.6 is 0 Å². The van der Waals surface area contributed by atoms with Gasteiger partial charge in [0, 0.05) is 19.6 Å². The molecular formula is C13H22N2O3. The summed E-state index contributed by atoms with van der Waals surface area (Å²) in [6.07, 6.45) is 5.10. The molecular weight excluding hydrogens is 232 g/mol. The first-order chi connectivity index (χ1) is 8.62. The van der Waals surface area contributed by atoms with Crippen molar-refractivity contribution >= 4 is 12.0 Å². The second-order valence-electron chi connectivity index (χ2n) is 5.28. The van der Waals surface area contributed by atoms with Gasteiger partial charge in [0.1, 0.15) is 5.54 Å². The van der Waals surface area contributed by atoms with Crippen molar-refractivity contribution in [3.8, 4) is 0 Å². The molecule has 0 aromatic carbocycles. The fourth-order valence-electron chi connectivity index (χ4n) is 3.15. The minimum absolute atomic E-state index is 0.0727. The predicted molar refractivity (Wildman–Crippen MR) is 67.4 cm³/mol. The first-order valence-electron chi connectivity index (χ1n) is 6.92. The summed E-state index contributed by atoms with van der Waals surface area (Å²) in [5.74, 6) is -0.854. The highest BCUT2D eigenvalue weighted by Crippen LogP contribution is 2.34. The lowest BCUT2D eigenvalue weighted by atomic mass is 9.93. The lowest BCUT2D eigenvalue weighted by Crippen LogP contribution is -2.57. The van der Waals surface area contributed by atoms with Crippen molar-refractivity contribution in [2.75, 3.05) is 19.6 Å². The number of hydrogen-bond acceptors (Lipinski definition) is 2. The van der Waals surface area contributed by atoms with E-state index >= 15 is 0 Å². The number of aliphatic carboxylic acids is 1. The lowest BCUT2D eigenvalue weighted by molar-refractivity contribution is -0.148. The summed E-state index contributed by atoms with van der Waals surface area (Å²) >= 11 is 0. The summed E-state index contributed by atoms with van der Waals surface area (Å²) in [6, 6.07) is -0.0727. The highest BCUT2D eigenvalue weighted by molar-refractivity contribution is 5.87. The molecule has 2 aliphatic heterocycles. The Bertz CT molecular complexity index is 339. The van der Waals surface area contributed by atoms with Crippen molar-refractivity contribution in [1.82, 2.24) is 9.80 Å². The van der Waals surface area contributed by atoms with Crippen LogP contribution in [0.15, 0.2) is 0 Å². The molecule has 0 bridgehead atoms. The molecule has 1 N–H and O–H groups in total. The van der Waals surface area contributed by atoms with Crippen LogP contribution in [0.1, 0.15) is 45.4 Å². The number of carboxylic acids is 1. The maximum Gasteiger partial charge on any atom is 0.329 e. The van der Waals surface area contributed by atoms with Gasteiger partial charge in [-0.3, -0.25) is 0 Å². The molecule has 2 fully saturated rings. The summed E-state index contributed by atoms with van der Waals surface area (Å²) in [5.41, 5.74) is -0.964. The first kappa shape index (κ1) is 13.2. The number of carbonyl (C=O) groups excluding carboxylic acids is 1. The Kier molecular flexibility index (Phi) is 3.78. The van der Waals surface area contributed by atoms with E-state index in [0.29, 0.717) is 19.4 Å². The van der Waals surface area contributed by atoms with Gasteiger partial charge in [-0.1, -0.05) is 6.92 Å². The number of likely N-dealkylation sites (tertiary alicyclic amines) is 2. The quantitative estimate of drug-likeness (QED) is 0.819. The summed E-state index contributed by atoms with van der Waals surface area (Å²) in [6.45, 7) is 3.98.